The Labute approximate surface area is 159 Å². The number of rotatable bonds is 8. The minimum atomic E-state index is -0.783. The van der Waals surface area contributed by atoms with Crippen LogP contribution in [0.4, 0.5) is 10.2 Å². The molecule has 3 rings (SSSR count). The number of alkyl halides is 1. The Bertz CT molecular complexity index is 701. The van der Waals surface area contributed by atoms with Crippen LogP contribution in [0.1, 0.15) is 18.4 Å². The Balaban J connectivity index is 1.55. The van der Waals surface area contributed by atoms with Crippen molar-refractivity contribution in [1.29, 1.82) is 0 Å². The minimum Gasteiger partial charge on any atom is -0.491 e. The first-order valence-corrected chi connectivity index (χ1v) is 9.28. The highest BCUT2D eigenvalue weighted by Gasteiger charge is 2.34. The number of halogens is 1. The second-order valence-electron chi connectivity index (χ2n) is 7.17. The molecule has 1 unspecified atom stereocenters. The zero-order valence-corrected chi connectivity index (χ0v) is 15.7. The smallest absolute Gasteiger partial charge is 0.147 e. The van der Waals surface area contributed by atoms with E-state index in [1.807, 2.05) is 31.3 Å². The van der Waals surface area contributed by atoms with Crippen molar-refractivity contribution in [2.75, 3.05) is 44.9 Å². The third-order valence-electron chi connectivity index (χ3n) is 4.71. The maximum absolute atomic E-state index is 12.2. The summed E-state index contributed by atoms with van der Waals surface area (Å²) in [6, 6.07) is 7.65. The van der Waals surface area contributed by atoms with Crippen molar-refractivity contribution in [3.8, 4) is 5.75 Å². The van der Waals surface area contributed by atoms with Crippen LogP contribution in [0.2, 0.25) is 0 Å². The quantitative estimate of drug-likeness (QED) is 0.765. The zero-order valence-electron chi connectivity index (χ0n) is 15.7. The molecule has 2 aromatic rings. The number of likely N-dealkylation sites (N-methyl/N-ethyl adjacent to an activating group) is 1. The summed E-state index contributed by atoms with van der Waals surface area (Å²) < 4.78 is 17.4. The van der Waals surface area contributed by atoms with Gasteiger partial charge in [0.1, 0.15) is 24.8 Å². The van der Waals surface area contributed by atoms with E-state index in [4.69, 9.17) is 4.74 Å². The lowest BCUT2D eigenvalue weighted by atomic mass is 9.92. The first kappa shape index (κ1) is 19.5. The maximum Gasteiger partial charge on any atom is 0.147 e. The Morgan fingerprint density at radius 1 is 1.30 bits per heavy atom. The van der Waals surface area contributed by atoms with Crippen molar-refractivity contribution in [2.45, 2.75) is 25.0 Å². The number of benzene rings is 1. The van der Waals surface area contributed by atoms with E-state index in [0.717, 1.165) is 37.3 Å². The molecule has 0 amide bonds. The Morgan fingerprint density at radius 2 is 2.11 bits per heavy atom. The number of ether oxygens (including phenoxy) is 1. The van der Waals surface area contributed by atoms with Crippen LogP contribution >= 0.6 is 0 Å². The lowest BCUT2D eigenvalue weighted by Gasteiger charge is -2.41. The third-order valence-corrected chi connectivity index (χ3v) is 4.71. The van der Waals surface area contributed by atoms with Gasteiger partial charge in [0.05, 0.1) is 11.8 Å². The van der Waals surface area contributed by atoms with Crippen LogP contribution < -0.4 is 9.64 Å². The van der Waals surface area contributed by atoms with Crippen LogP contribution in [-0.2, 0) is 6.54 Å². The van der Waals surface area contributed by atoms with Crippen molar-refractivity contribution >= 4 is 5.82 Å². The maximum atomic E-state index is 12.2. The van der Waals surface area contributed by atoms with Gasteiger partial charge < -0.3 is 14.7 Å². The van der Waals surface area contributed by atoms with Gasteiger partial charge in [-0.3, -0.25) is 9.88 Å². The molecule has 1 fully saturated rings. The monoisotopic (exact) mass is 374 g/mol. The van der Waals surface area contributed by atoms with E-state index in [1.165, 1.54) is 0 Å². The molecule has 0 radical (unpaired) electrons. The van der Waals surface area contributed by atoms with Crippen LogP contribution in [-0.4, -0.2) is 65.5 Å². The number of hydrogen-bond donors (Lipinski definition) is 1. The summed E-state index contributed by atoms with van der Waals surface area (Å²) in [7, 11) is 2.01. The molecule has 1 aliphatic rings. The number of nitrogens with zero attached hydrogens (tertiary/aromatic N) is 4. The van der Waals surface area contributed by atoms with Gasteiger partial charge in [-0.2, -0.15) is 0 Å². The predicted octanol–water partition coefficient (Wildman–Crippen LogP) is 2.29. The van der Waals surface area contributed by atoms with Crippen molar-refractivity contribution in [3.63, 3.8) is 0 Å². The highest BCUT2D eigenvalue weighted by Crippen LogP contribution is 2.25. The molecule has 0 spiro atoms. The fraction of sp³-hybridized carbons (Fsp3) is 0.500. The summed E-state index contributed by atoms with van der Waals surface area (Å²) in [6.07, 6.45) is 6.75. The lowest BCUT2D eigenvalue weighted by molar-refractivity contribution is -0.00349. The molecule has 0 aliphatic carbocycles. The summed E-state index contributed by atoms with van der Waals surface area (Å²) in [6.45, 7) is 2.31. The van der Waals surface area contributed by atoms with Crippen LogP contribution in [0.25, 0.3) is 0 Å². The summed E-state index contributed by atoms with van der Waals surface area (Å²) in [5.74, 6) is 1.48. The summed E-state index contributed by atoms with van der Waals surface area (Å²) in [5.41, 5.74) is 0.338. The van der Waals surface area contributed by atoms with Crippen LogP contribution in [0.5, 0.6) is 5.75 Å². The number of hydrogen-bond acceptors (Lipinski definition) is 6. The van der Waals surface area contributed by atoms with Crippen LogP contribution in [0.3, 0.4) is 0 Å². The zero-order chi connectivity index (χ0) is 19.1. The minimum absolute atomic E-state index is 0.0779. The molecule has 0 bridgehead atoms. The van der Waals surface area contributed by atoms with E-state index in [0.29, 0.717) is 18.8 Å². The number of aliphatic hydroxyl groups is 1. The predicted molar refractivity (Wildman–Crippen MR) is 103 cm³/mol. The molecule has 7 heteroatoms. The van der Waals surface area contributed by atoms with Crippen molar-refractivity contribution in [3.05, 3.63) is 48.4 Å². The largest absolute Gasteiger partial charge is 0.491 e. The first-order chi connectivity index (χ1) is 13.1. The lowest BCUT2D eigenvalue weighted by Crippen LogP contribution is -2.54. The van der Waals surface area contributed by atoms with E-state index in [2.05, 4.69) is 19.8 Å². The average Bonchev–Trinajstić information content (AvgIpc) is 2.67. The van der Waals surface area contributed by atoms with Gasteiger partial charge >= 0.3 is 0 Å². The second-order valence-corrected chi connectivity index (χ2v) is 7.17. The standard InChI is InChI=1S/C20H27FN4O2/c1-24(14-17-3-5-18(6-4-17)27-12-8-21)15-20(26)7-2-11-25(16-20)19-13-22-9-10-23-19/h3-6,9-10,13,26H,2,7-8,11-12,14-16H2,1H3. The van der Waals surface area contributed by atoms with Gasteiger partial charge in [0.25, 0.3) is 0 Å². The Kier molecular flexibility index (Phi) is 6.58. The van der Waals surface area contributed by atoms with Gasteiger partial charge in [-0.15, -0.1) is 0 Å². The molecule has 6 nitrogen and oxygen atoms in total. The molecule has 0 saturated carbocycles. The van der Waals surface area contributed by atoms with E-state index < -0.39 is 12.3 Å². The summed E-state index contributed by atoms with van der Waals surface area (Å²) in [5, 5.41) is 11.1. The van der Waals surface area contributed by atoms with Gasteiger partial charge in [0, 0.05) is 38.6 Å². The Hall–Kier alpha value is -2.25. The molecule has 2 heterocycles. The molecule has 146 valence electrons. The normalized spacial score (nSPS) is 20.1. The van der Waals surface area contributed by atoms with Crippen molar-refractivity contribution in [2.24, 2.45) is 0 Å². The number of anilines is 1. The Morgan fingerprint density at radius 3 is 2.81 bits per heavy atom. The molecule has 1 saturated heterocycles. The summed E-state index contributed by atoms with van der Waals surface area (Å²) >= 11 is 0. The van der Waals surface area contributed by atoms with Crippen molar-refractivity contribution < 1.29 is 14.2 Å². The number of piperidine rings is 1. The topological polar surface area (TPSA) is 61.7 Å². The number of β-amino-alcohol motifs (C(OH)–C–C–N with tert-alkyl or cyclic N) is 1. The summed E-state index contributed by atoms with van der Waals surface area (Å²) in [4.78, 5) is 12.7. The fourth-order valence-corrected chi connectivity index (χ4v) is 3.61. The van der Waals surface area contributed by atoms with Gasteiger partial charge in [-0.05, 0) is 37.6 Å². The van der Waals surface area contributed by atoms with Crippen LogP contribution in [0.15, 0.2) is 42.9 Å². The molecule has 1 N–H and O–H groups in total. The van der Waals surface area contributed by atoms with E-state index in [1.54, 1.807) is 18.6 Å². The molecule has 1 aromatic carbocycles. The highest BCUT2D eigenvalue weighted by atomic mass is 19.1. The average molecular weight is 374 g/mol. The second kappa shape index (κ2) is 9.10. The van der Waals surface area contributed by atoms with E-state index >= 15 is 0 Å². The molecule has 1 aliphatic heterocycles. The molecular weight excluding hydrogens is 347 g/mol. The SMILES string of the molecule is CN(Cc1ccc(OCCF)cc1)CC1(O)CCCN(c2cnccn2)C1. The van der Waals surface area contributed by atoms with E-state index in [9.17, 15) is 9.50 Å². The molecule has 1 aromatic heterocycles. The highest BCUT2D eigenvalue weighted by molar-refractivity contribution is 5.36. The molecular formula is C20H27FN4O2. The van der Waals surface area contributed by atoms with Gasteiger partial charge in [-0.25, -0.2) is 9.37 Å². The van der Waals surface area contributed by atoms with Crippen LogP contribution in [0, 0.1) is 0 Å². The third kappa shape index (κ3) is 5.61. The van der Waals surface area contributed by atoms with Gasteiger partial charge in [-0.1, -0.05) is 12.1 Å². The molecule has 1 atom stereocenters. The first-order valence-electron chi connectivity index (χ1n) is 9.28. The van der Waals surface area contributed by atoms with Gasteiger partial charge in [0.15, 0.2) is 0 Å². The van der Waals surface area contributed by atoms with E-state index in [-0.39, 0.29) is 6.61 Å². The van der Waals surface area contributed by atoms with Crippen molar-refractivity contribution in [1.82, 2.24) is 14.9 Å². The molecule has 27 heavy (non-hydrogen) atoms. The fourth-order valence-electron chi connectivity index (χ4n) is 3.61. The van der Waals surface area contributed by atoms with Gasteiger partial charge in [0.2, 0.25) is 0 Å². The number of aromatic nitrogens is 2.